The summed E-state index contributed by atoms with van der Waals surface area (Å²) < 4.78 is 37.2. The van der Waals surface area contributed by atoms with Crippen LogP contribution in [0.1, 0.15) is 45.1 Å². The van der Waals surface area contributed by atoms with Gasteiger partial charge >= 0.3 is 0 Å². The van der Waals surface area contributed by atoms with Crippen molar-refractivity contribution in [1.82, 2.24) is 10.0 Å². The normalized spacial score (nSPS) is 20.0. The number of hydrogen-bond acceptors (Lipinski definition) is 5. The Kier molecular flexibility index (Phi) is 8.12. The van der Waals surface area contributed by atoms with Crippen molar-refractivity contribution in [1.29, 1.82) is 0 Å². The van der Waals surface area contributed by atoms with Crippen LogP contribution in [0.25, 0.3) is 0 Å². The number of carbonyl (C=O) groups is 1. The molecule has 1 amide bonds. The molecule has 0 aliphatic heterocycles. The second-order valence-corrected chi connectivity index (χ2v) is 9.76. The van der Waals surface area contributed by atoms with E-state index in [2.05, 4.69) is 10.0 Å². The number of rotatable bonds is 9. The Hall–Kier alpha value is -1.80. The van der Waals surface area contributed by atoms with E-state index >= 15 is 0 Å². The third-order valence-corrected chi connectivity index (χ3v) is 7.11. The molecule has 158 valence electrons. The van der Waals surface area contributed by atoms with E-state index in [1.54, 1.807) is 28.1 Å². The van der Waals surface area contributed by atoms with E-state index in [9.17, 15) is 13.2 Å². The minimum Gasteiger partial charge on any atom is -0.493 e. The lowest BCUT2D eigenvalue weighted by Crippen LogP contribution is -2.43. The van der Waals surface area contributed by atoms with Crippen molar-refractivity contribution >= 4 is 15.9 Å². The SMILES string of the molecule is COc1ccc(CCNC(=O)C2CCC(NS(=O)(=O)C(C)C)CC2)cc1OC. The van der Waals surface area contributed by atoms with Gasteiger partial charge in [0.1, 0.15) is 0 Å². The first-order valence-electron chi connectivity index (χ1n) is 9.76. The van der Waals surface area contributed by atoms with Gasteiger partial charge in [-0.3, -0.25) is 4.79 Å². The highest BCUT2D eigenvalue weighted by Crippen LogP contribution is 2.28. The summed E-state index contributed by atoms with van der Waals surface area (Å²) in [6, 6.07) is 5.66. The van der Waals surface area contributed by atoms with Crippen molar-refractivity contribution in [3.8, 4) is 11.5 Å². The van der Waals surface area contributed by atoms with Gasteiger partial charge in [-0.2, -0.15) is 0 Å². The Bertz CT molecular complexity index is 756. The summed E-state index contributed by atoms with van der Waals surface area (Å²) in [6.07, 6.45) is 3.50. The van der Waals surface area contributed by atoms with E-state index in [1.165, 1.54) is 0 Å². The van der Waals surface area contributed by atoms with Crippen molar-refractivity contribution in [2.45, 2.75) is 57.2 Å². The summed E-state index contributed by atoms with van der Waals surface area (Å²) in [7, 11) is -0.0653. The molecule has 2 N–H and O–H groups in total. The van der Waals surface area contributed by atoms with Crippen LogP contribution < -0.4 is 19.5 Å². The number of carbonyl (C=O) groups excluding carboxylic acids is 1. The molecule has 2 rings (SSSR count). The lowest BCUT2D eigenvalue weighted by atomic mass is 9.86. The Morgan fingerprint density at radius 1 is 1.11 bits per heavy atom. The van der Waals surface area contributed by atoms with E-state index in [4.69, 9.17) is 9.47 Å². The average molecular weight is 413 g/mol. The zero-order chi connectivity index (χ0) is 20.7. The third-order valence-electron chi connectivity index (χ3n) is 5.21. The summed E-state index contributed by atoms with van der Waals surface area (Å²) >= 11 is 0. The smallest absolute Gasteiger partial charge is 0.223 e. The monoisotopic (exact) mass is 412 g/mol. The Labute approximate surface area is 168 Å². The molecule has 7 nitrogen and oxygen atoms in total. The van der Waals surface area contributed by atoms with E-state index in [-0.39, 0.29) is 17.9 Å². The summed E-state index contributed by atoms with van der Waals surface area (Å²) in [6.45, 7) is 3.88. The van der Waals surface area contributed by atoms with Gasteiger partial charge in [0.05, 0.1) is 19.5 Å². The van der Waals surface area contributed by atoms with Crippen molar-refractivity contribution in [3.05, 3.63) is 23.8 Å². The predicted molar refractivity (Wildman–Crippen MR) is 109 cm³/mol. The summed E-state index contributed by atoms with van der Waals surface area (Å²) in [4.78, 5) is 12.4. The maximum Gasteiger partial charge on any atom is 0.223 e. The van der Waals surface area contributed by atoms with Crippen LogP contribution in [0.4, 0.5) is 0 Å². The summed E-state index contributed by atoms with van der Waals surface area (Å²) in [5, 5.41) is 2.56. The molecule has 0 atom stereocenters. The molecule has 28 heavy (non-hydrogen) atoms. The number of amides is 1. The molecule has 1 aliphatic carbocycles. The molecule has 0 saturated heterocycles. The Morgan fingerprint density at radius 2 is 1.75 bits per heavy atom. The highest BCUT2D eigenvalue weighted by molar-refractivity contribution is 7.90. The highest BCUT2D eigenvalue weighted by Gasteiger charge is 2.29. The number of hydrogen-bond donors (Lipinski definition) is 2. The van der Waals surface area contributed by atoms with Gasteiger partial charge in [-0.25, -0.2) is 13.1 Å². The molecule has 0 radical (unpaired) electrons. The summed E-state index contributed by atoms with van der Waals surface area (Å²) in [5.41, 5.74) is 1.06. The fourth-order valence-corrected chi connectivity index (χ4v) is 4.32. The molecular formula is C20H32N2O5S. The molecule has 1 fully saturated rings. The maximum atomic E-state index is 12.4. The van der Waals surface area contributed by atoms with Crippen LogP contribution >= 0.6 is 0 Å². The molecule has 1 saturated carbocycles. The average Bonchev–Trinajstić information content (AvgIpc) is 2.67. The molecule has 0 bridgehead atoms. The lowest BCUT2D eigenvalue weighted by molar-refractivity contribution is -0.125. The van der Waals surface area contributed by atoms with Crippen molar-refractivity contribution < 1.29 is 22.7 Å². The van der Waals surface area contributed by atoms with Crippen LogP contribution in [-0.2, 0) is 21.2 Å². The first-order valence-corrected chi connectivity index (χ1v) is 11.3. The van der Waals surface area contributed by atoms with E-state index in [1.807, 2.05) is 18.2 Å². The first kappa shape index (κ1) is 22.5. The Balaban J connectivity index is 1.76. The van der Waals surface area contributed by atoms with Crippen LogP contribution in [0.3, 0.4) is 0 Å². The molecule has 1 aromatic rings. The molecule has 0 heterocycles. The molecule has 1 aliphatic rings. The quantitative estimate of drug-likeness (QED) is 0.649. The molecular weight excluding hydrogens is 380 g/mol. The molecule has 0 unspecified atom stereocenters. The van der Waals surface area contributed by atoms with Gasteiger partial charge in [0.25, 0.3) is 0 Å². The highest BCUT2D eigenvalue weighted by atomic mass is 32.2. The topological polar surface area (TPSA) is 93.7 Å². The van der Waals surface area contributed by atoms with Crippen molar-refractivity contribution in [2.75, 3.05) is 20.8 Å². The van der Waals surface area contributed by atoms with Gasteiger partial charge in [0.2, 0.25) is 15.9 Å². The van der Waals surface area contributed by atoms with Gasteiger partial charge in [-0.05, 0) is 63.6 Å². The number of benzene rings is 1. The van der Waals surface area contributed by atoms with Crippen molar-refractivity contribution in [3.63, 3.8) is 0 Å². The molecule has 1 aromatic carbocycles. The van der Waals surface area contributed by atoms with Gasteiger partial charge < -0.3 is 14.8 Å². The number of methoxy groups -OCH3 is 2. The van der Waals surface area contributed by atoms with Crippen LogP contribution in [-0.4, -0.2) is 46.4 Å². The number of sulfonamides is 1. The zero-order valence-corrected chi connectivity index (χ0v) is 18.0. The van der Waals surface area contributed by atoms with Crippen molar-refractivity contribution in [2.24, 2.45) is 5.92 Å². The maximum absolute atomic E-state index is 12.4. The number of nitrogens with one attached hydrogen (secondary N) is 2. The minimum absolute atomic E-state index is 0.0469. The van der Waals surface area contributed by atoms with Gasteiger partial charge in [-0.15, -0.1) is 0 Å². The zero-order valence-electron chi connectivity index (χ0n) is 17.2. The lowest BCUT2D eigenvalue weighted by Gasteiger charge is -2.28. The second kappa shape index (κ2) is 10.1. The van der Waals surface area contributed by atoms with Crippen LogP contribution in [0.5, 0.6) is 11.5 Å². The van der Waals surface area contributed by atoms with E-state index in [0.717, 1.165) is 5.56 Å². The molecule has 0 aromatic heterocycles. The second-order valence-electron chi connectivity index (χ2n) is 7.49. The van der Waals surface area contributed by atoms with Gasteiger partial charge in [-0.1, -0.05) is 6.07 Å². The standard InChI is InChI=1S/C20H32N2O5S/c1-14(2)28(24,25)22-17-8-6-16(7-9-17)20(23)21-12-11-15-5-10-18(26-3)19(13-15)27-4/h5,10,13-14,16-17,22H,6-9,11-12H2,1-4H3,(H,21,23). The first-order chi connectivity index (χ1) is 13.3. The van der Waals surface area contributed by atoms with E-state index < -0.39 is 15.3 Å². The van der Waals surface area contributed by atoms with Crippen LogP contribution in [0.15, 0.2) is 18.2 Å². The fourth-order valence-electron chi connectivity index (χ4n) is 3.35. The fraction of sp³-hybridized carbons (Fsp3) is 0.650. The van der Waals surface area contributed by atoms with Gasteiger partial charge in [0, 0.05) is 18.5 Å². The molecule has 8 heteroatoms. The predicted octanol–water partition coefficient (Wildman–Crippen LogP) is 2.25. The van der Waals surface area contributed by atoms with Crippen LogP contribution in [0.2, 0.25) is 0 Å². The largest absolute Gasteiger partial charge is 0.493 e. The summed E-state index contributed by atoms with van der Waals surface area (Å²) in [5.74, 6) is 1.35. The molecule has 0 spiro atoms. The van der Waals surface area contributed by atoms with E-state index in [0.29, 0.717) is 50.1 Å². The number of ether oxygens (including phenoxy) is 2. The third kappa shape index (κ3) is 6.10. The Morgan fingerprint density at radius 3 is 2.32 bits per heavy atom. The van der Waals surface area contributed by atoms with Crippen LogP contribution in [0, 0.1) is 5.92 Å². The van der Waals surface area contributed by atoms with Gasteiger partial charge in [0.15, 0.2) is 11.5 Å². The minimum atomic E-state index is -3.26.